The quantitative estimate of drug-likeness (QED) is 0.271. The van der Waals surface area contributed by atoms with E-state index in [1.807, 2.05) is 13.8 Å². The summed E-state index contributed by atoms with van der Waals surface area (Å²) < 4.78 is 11.1. The Labute approximate surface area is 208 Å². The molecule has 1 aliphatic rings. The number of amides is 1. The fourth-order valence-electron chi connectivity index (χ4n) is 4.46. The van der Waals surface area contributed by atoms with E-state index in [1.165, 1.54) is 23.3 Å². The number of aliphatic hydroxyl groups is 1. The Morgan fingerprint density at radius 3 is 2.36 bits per heavy atom. The monoisotopic (exact) mass is 489 g/mol. The Morgan fingerprint density at radius 2 is 1.81 bits per heavy atom. The molecule has 1 aromatic heterocycles. The van der Waals surface area contributed by atoms with Crippen molar-refractivity contribution >= 4 is 23.4 Å². The highest BCUT2D eigenvalue weighted by Crippen LogP contribution is 2.42. The average molecular weight is 490 g/mol. The smallest absolute Gasteiger partial charge is 0.335 e. The van der Waals surface area contributed by atoms with Gasteiger partial charge in [0.15, 0.2) is 0 Å². The molecule has 36 heavy (non-hydrogen) atoms. The van der Waals surface area contributed by atoms with Crippen LogP contribution in [-0.4, -0.2) is 39.9 Å². The lowest BCUT2D eigenvalue weighted by molar-refractivity contribution is -0.140. The number of carbonyl (C=O) groups excluding carboxylic acids is 2. The van der Waals surface area contributed by atoms with E-state index in [2.05, 4.69) is 0 Å². The molecule has 2 N–H and O–H groups in total. The Balaban J connectivity index is 1.84. The van der Waals surface area contributed by atoms with Crippen molar-refractivity contribution in [1.29, 1.82) is 0 Å². The second-order valence-electron chi connectivity index (χ2n) is 9.01. The first kappa shape index (κ1) is 24.8. The number of Topliss-reactive ketones (excluding diaryl/α,β-unsaturated/α-hetero) is 1. The SMILES string of the molecule is COc1cc(C)c(/C(O)=C2\C(=O)C(=O)N(Cc3ccc(C(=O)O)cc3)C2c2ccco2)cc1C(C)C. The summed E-state index contributed by atoms with van der Waals surface area (Å²) in [5, 5.41) is 20.6. The number of ketones is 1. The summed E-state index contributed by atoms with van der Waals surface area (Å²) in [6.07, 6.45) is 1.44. The van der Waals surface area contributed by atoms with Gasteiger partial charge in [0.2, 0.25) is 0 Å². The molecule has 0 radical (unpaired) electrons. The van der Waals surface area contributed by atoms with E-state index in [9.17, 15) is 19.5 Å². The van der Waals surface area contributed by atoms with Gasteiger partial charge in [-0.25, -0.2) is 4.79 Å². The Morgan fingerprint density at radius 1 is 1.11 bits per heavy atom. The minimum atomic E-state index is -1.06. The molecule has 2 heterocycles. The fraction of sp³-hybridized carbons (Fsp3) is 0.250. The van der Waals surface area contributed by atoms with Crippen LogP contribution in [0, 0.1) is 6.92 Å². The number of carboxylic acids is 1. The largest absolute Gasteiger partial charge is 0.507 e. The molecule has 1 fully saturated rings. The van der Waals surface area contributed by atoms with E-state index in [-0.39, 0.29) is 29.4 Å². The molecule has 0 aliphatic carbocycles. The number of ether oxygens (including phenoxy) is 1. The average Bonchev–Trinajstić information content (AvgIpc) is 3.46. The Hall–Kier alpha value is -4.33. The van der Waals surface area contributed by atoms with Crippen LogP contribution >= 0.6 is 0 Å². The molecular formula is C28H27NO7. The van der Waals surface area contributed by atoms with E-state index in [1.54, 1.807) is 50.4 Å². The van der Waals surface area contributed by atoms with Crippen molar-refractivity contribution in [2.75, 3.05) is 7.11 Å². The summed E-state index contributed by atoms with van der Waals surface area (Å²) in [7, 11) is 1.58. The summed E-state index contributed by atoms with van der Waals surface area (Å²) >= 11 is 0. The highest BCUT2D eigenvalue weighted by Gasteiger charge is 2.47. The summed E-state index contributed by atoms with van der Waals surface area (Å²) in [5.41, 5.74) is 2.63. The van der Waals surface area contributed by atoms with E-state index in [0.717, 1.165) is 5.56 Å². The number of methoxy groups -OCH3 is 1. The van der Waals surface area contributed by atoms with Gasteiger partial charge in [-0.15, -0.1) is 0 Å². The Bertz CT molecular complexity index is 1350. The van der Waals surface area contributed by atoms with E-state index in [0.29, 0.717) is 28.2 Å². The maximum Gasteiger partial charge on any atom is 0.335 e. The van der Waals surface area contributed by atoms with Crippen molar-refractivity contribution in [3.63, 3.8) is 0 Å². The zero-order valence-electron chi connectivity index (χ0n) is 20.4. The van der Waals surface area contributed by atoms with Crippen LogP contribution in [0.1, 0.15) is 64.2 Å². The lowest BCUT2D eigenvalue weighted by Gasteiger charge is -2.24. The van der Waals surface area contributed by atoms with Crippen LogP contribution in [0.2, 0.25) is 0 Å². The molecule has 0 saturated carbocycles. The summed E-state index contributed by atoms with van der Waals surface area (Å²) in [4.78, 5) is 38.9. The third-order valence-corrected chi connectivity index (χ3v) is 6.36. The molecule has 8 heteroatoms. The highest BCUT2D eigenvalue weighted by atomic mass is 16.5. The van der Waals surface area contributed by atoms with E-state index >= 15 is 0 Å². The molecule has 3 aromatic rings. The lowest BCUT2D eigenvalue weighted by atomic mass is 9.92. The number of hydrogen-bond donors (Lipinski definition) is 2. The predicted octanol–water partition coefficient (Wildman–Crippen LogP) is 5.04. The van der Waals surface area contributed by atoms with Gasteiger partial charge in [-0.05, 0) is 65.9 Å². The maximum atomic E-state index is 13.3. The summed E-state index contributed by atoms with van der Waals surface area (Å²) in [5.74, 6) is -1.87. The van der Waals surface area contributed by atoms with Crippen LogP contribution in [-0.2, 0) is 16.1 Å². The molecule has 1 atom stereocenters. The van der Waals surface area contributed by atoms with E-state index < -0.39 is 23.7 Å². The molecule has 8 nitrogen and oxygen atoms in total. The second-order valence-corrected chi connectivity index (χ2v) is 9.01. The van der Waals surface area contributed by atoms with Gasteiger partial charge in [-0.2, -0.15) is 0 Å². The summed E-state index contributed by atoms with van der Waals surface area (Å²) in [6, 6.07) is 12.0. The van der Waals surface area contributed by atoms with Gasteiger partial charge in [0.05, 0.1) is 24.5 Å². The van der Waals surface area contributed by atoms with Gasteiger partial charge in [-0.1, -0.05) is 26.0 Å². The zero-order chi connectivity index (χ0) is 26.1. The number of furan rings is 1. The van der Waals surface area contributed by atoms with Crippen LogP contribution in [0.15, 0.2) is 64.8 Å². The number of aliphatic hydroxyl groups excluding tert-OH is 1. The molecule has 1 saturated heterocycles. The van der Waals surface area contributed by atoms with Gasteiger partial charge in [0, 0.05) is 12.1 Å². The number of benzene rings is 2. The van der Waals surface area contributed by atoms with Crippen LogP contribution < -0.4 is 4.74 Å². The van der Waals surface area contributed by atoms with Gasteiger partial charge < -0.3 is 24.3 Å². The topological polar surface area (TPSA) is 117 Å². The van der Waals surface area contributed by atoms with Crippen LogP contribution in [0.5, 0.6) is 5.75 Å². The lowest BCUT2D eigenvalue weighted by Crippen LogP contribution is -2.29. The molecule has 0 bridgehead atoms. The molecule has 2 aromatic carbocycles. The predicted molar refractivity (Wildman–Crippen MR) is 132 cm³/mol. The first-order valence-electron chi connectivity index (χ1n) is 11.5. The maximum absolute atomic E-state index is 13.3. The molecule has 186 valence electrons. The van der Waals surface area contributed by atoms with Crippen LogP contribution in [0.3, 0.4) is 0 Å². The van der Waals surface area contributed by atoms with Crippen molar-refractivity contribution in [3.8, 4) is 5.75 Å². The third-order valence-electron chi connectivity index (χ3n) is 6.36. The minimum Gasteiger partial charge on any atom is -0.507 e. The Kier molecular flexibility index (Phi) is 6.70. The van der Waals surface area contributed by atoms with Crippen LogP contribution in [0.25, 0.3) is 5.76 Å². The van der Waals surface area contributed by atoms with Gasteiger partial charge in [-0.3, -0.25) is 9.59 Å². The highest BCUT2D eigenvalue weighted by molar-refractivity contribution is 6.46. The molecule has 1 unspecified atom stereocenters. The third kappa shape index (κ3) is 4.37. The first-order valence-corrected chi connectivity index (χ1v) is 11.5. The minimum absolute atomic E-state index is 0.0193. The number of hydrogen-bond acceptors (Lipinski definition) is 6. The first-order chi connectivity index (χ1) is 17.1. The molecule has 0 spiro atoms. The van der Waals surface area contributed by atoms with Gasteiger partial charge in [0.1, 0.15) is 23.3 Å². The van der Waals surface area contributed by atoms with Crippen molar-refractivity contribution in [3.05, 3.63) is 93.9 Å². The normalized spacial score (nSPS) is 17.1. The molecule has 1 amide bonds. The van der Waals surface area contributed by atoms with Crippen molar-refractivity contribution in [2.24, 2.45) is 0 Å². The molecule has 4 rings (SSSR count). The molecular weight excluding hydrogens is 462 g/mol. The number of rotatable bonds is 7. The fourth-order valence-corrected chi connectivity index (χ4v) is 4.46. The number of likely N-dealkylation sites (tertiary alicyclic amines) is 1. The van der Waals surface area contributed by atoms with Crippen LogP contribution in [0.4, 0.5) is 0 Å². The standard InChI is InChI=1S/C28H27NO7/c1-15(2)19-13-20(16(3)12-22(19)35-4)25(30)23-24(21-6-5-11-36-21)29(27(32)26(23)31)14-17-7-9-18(10-8-17)28(33)34/h5-13,15,24,30H,14H2,1-4H3,(H,33,34)/b25-23+. The van der Waals surface area contributed by atoms with Gasteiger partial charge >= 0.3 is 5.97 Å². The van der Waals surface area contributed by atoms with Crippen molar-refractivity contribution in [2.45, 2.75) is 39.3 Å². The number of carboxylic acid groups (broad SMARTS) is 1. The van der Waals surface area contributed by atoms with Crippen molar-refractivity contribution in [1.82, 2.24) is 4.90 Å². The second kappa shape index (κ2) is 9.73. The van der Waals surface area contributed by atoms with Gasteiger partial charge in [0.25, 0.3) is 11.7 Å². The zero-order valence-corrected chi connectivity index (χ0v) is 20.4. The van der Waals surface area contributed by atoms with E-state index in [4.69, 9.17) is 14.3 Å². The van der Waals surface area contributed by atoms with Crippen molar-refractivity contribution < 1.29 is 33.8 Å². The number of aryl methyl sites for hydroxylation is 1. The summed E-state index contributed by atoms with van der Waals surface area (Å²) in [6.45, 7) is 5.80. The number of carbonyl (C=O) groups is 3. The number of aromatic carboxylic acids is 1. The molecule has 1 aliphatic heterocycles. The number of nitrogens with zero attached hydrogens (tertiary/aromatic N) is 1.